The number of hydrogen-bond donors (Lipinski definition) is 2. The van der Waals surface area contributed by atoms with Gasteiger partial charge in [0, 0.05) is 49.3 Å². The van der Waals surface area contributed by atoms with E-state index >= 15 is 0 Å². The summed E-state index contributed by atoms with van der Waals surface area (Å²) in [6.07, 6.45) is 1.15. The number of nitrogens with zero attached hydrogens (tertiary/aromatic N) is 1. The van der Waals surface area contributed by atoms with Crippen molar-refractivity contribution in [1.29, 1.82) is 0 Å². The standard InChI is InChI=1S/C16H23N3/c1-12-3-4-15-14(13(2)18-16(15)11-12)5-8-19-9-6-17-7-10-19/h3-4,11,17-18H,5-10H2,1-2H3. The van der Waals surface area contributed by atoms with Gasteiger partial charge in [0.25, 0.3) is 0 Å². The molecule has 1 aromatic carbocycles. The van der Waals surface area contributed by atoms with Gasteiger partial charge in [-0.05, 0) is 37.5 Å². The first kappa shape index (κ1) is 12.7. The van der Waals surface area contributed by atoms with Crippen LogP contribution in [0.1, 0.15) is 16.8 Å². The van der Waals surface area contributed by atoms with Crippen LogP contribution in [-0.4, -0.2) is 42.6 Å². The number of fused-ring (bicyclic) bond motifs is 1. The van der Waals surface area contributed by atoms with Crippen molar-refractivity contribution in [2.45, 2.75) is 20.3 Å². The van der Waals surface area contributed by atoms with E-state index in [1.807, 2.05) is 0 Å². The van der Waals surface area contributed by atoms with Crippen molar-refractivity contribution in [2.24, 2.45) is 0 Å². The van der Waals surface area contributed by atoms with Crippen molar-refractivity contribution in [1.82, 2.24) is 15.2 Å². The fourth-order valence-corrected chi connectivity index (χ4v) is 3.03. The lowest BCUT2D eigenvalue weighted by Gasteiger charge is -2.27. The number of aryl methyl sites for hydroxylation is 2. The molecule has 0 radical (unpaired) electrons. The van der Waals surface area contributed by atoms with Gasteiger partial charge < -0.3 is 15.2 Å². The second-order valence-corrected chi connectivity index (χ2v) is 5.62. The average Bonchev–Trinajstić information content (AvgIpc) is 2.72. The van der Waals surface area contributed by atoms with Crippen LogP contribution < -0.4 is 5.32 Å². The maximum atomic E-state index is 3.52. The molecule has 1 aromatic heterocycles. The van der Waals surface area contributed by atoms with Crippen LogP contribution in [0.15, 0.2) is 18.2 Å². The monoisotopic (exact) mass is 257 g/mol. The fraction of sp³-hybridized carbons (Fsp3) is 0.500. The first-order chi connectivity index (χ1) is 9.24. The zero-order valence-electron chi connectivity index (χ0n) is 11.9. The lowest BCUT2D eigenvalue weighted by atomic mass is 10.1. The first-order valence-corrected chi connectivity index (χ1v) is 7.25. The lowest BCUT2D eigenvalue weighted by molar-refractivity contribution is 0.244. The number of aromatic amines is 1. The predicted octanol–water partition coefficient (Wildman–Crippen LogP) is 2.23. The van der Waals surface area contributed by atoms with Gasteiger partial charge in [-0.3, -0.25) is 0 Å². The van der Waals surface area contributed by atoms with E-state index < -0.39 is 0 Å². The number of nitrogens with one attached hydrogen (secondary N) is 2. The Morgan fingerprint density at radius 3 is 2.74 bits per heavy atom. The molecule has 102 valence electrons. The summed E-state index contributed by atoms with van der Waals surface area (Å²) in [4.78, 5) is 6.08. The molecule has 2 aromatic rings. The van der Waals surface area contributed by atoms with Gasteiger partial charge in [-0.2, -0.15) is 0 Å². The Bertz CT molecular complexity index is 565. The Morgan fingerprint density at radius 2 is 1.95 bits per heavy atom. The quantitative estimate of drug-likeness (QED) is 0.883. The summed E-state index contributed by atoms with van der Waals surface area (Å²) in [6.45, 7) is 10.1. The van der Waals surface area contributed by atoms with Gasteiger partial charge >= 0.3 is 0 Å². The SMILES string of the molecule is Cc1ccc2c(CCN3CCNCC3)c(C)[nH]c2c1. The highest BCUT2D eigenvalue weighted by Crippen LogP contribution is 2.23. The number of piperazine rings is 1. The zero-order chi connectivity index (χ0) is 13.2. The third kappa shape index (κ3) is 2.67. The van der Waals surface area contributed by atoms with E-state index in [-0.39, 0.29) is 0 Å². The summed E-state index contributed by atoms with van der Waals surface area (Å²) in [5.41, 5.74) is 5.43. The Balaban J connectivity index is 1.78. The highest BCUT2D eigenvalue weighted by atomic mass is 15.2. The zero-order valence-corrected chi connectivity index (χ0v) is 11.9. The average molecular weight is 257 g/mol. The Hall–Kier alpha value is -1.32. The Morgan fingerprint density at radius 1 is 1.16 bits per heavy atom. The molecule has 0 aliphatic carbocycles. The van der Waals surface area contributed by atoms with E-state index in [9.17, 15) is 0 Å². The Kier molecular flexibility index (Phi) is 3.58. The van der Waals surface area contributed by atoms with Gasteiger partial charge in [-0.25, -0.2) is 0 Å². The number of hydrogen-bond acceptors (Lipinski definition) is 2. The highest BCUT2D eigenvalue weighted by molar-refractivity contribution is 5.85. The summed E-state index contributed by atoms with van der Waals surface area (Å²) >= 11 is 0. The van der Waals surface area contributed by atoms with Gasteiger partial charge in [0.05, 0.1) is 0 Å². The molecule has 1 aliphatic rings. The van der Waals surface area contributed by atoms with E-state index in [0.717, 1.165) is 19.5 Å². The predicted molar refractivity (Wildman–Crippen MR) is 80.8 cm³/mol. The molecule has 0 atom stereocenters. The molecule has 0 amide bonds. The largest absolute Gasteiger partial charge is 0.358 e. The topological polar surface area (TPSA) is 31.1 Å². The van der Waals surface area contributed by atoms with Crippen molar-refractivity contribution < 1.29 is 0 Å². The molecule has 0 saturated carbocycles. The fourth-order valence-electron chi connectivity index (χ4n) is 3.03. The van der Waals surface area contributed by atoms with Crippen molar-refractivity contribution in [3.63, 3.8) is 0 Å². The first-order valence-electron chi connectivity index (χ1n) is 7.25. The number of rotatable bonds is 3. The van der Waals surface area contributed by atoms with Gasteiger partial charge in [-0.1, -0.05) is 12.1 Å². The molecule has 0 spiro atoms. The molecular weight excluding hydrogens is 234 g/mol. The van der Waals surface area contributed by atoms with Gasteiger partial charge in [0.2, 0.25) is 0 Å². The molecule has 1 aliphatic heterocycles. The maximum Gasteiger partial charge on any atom is 0.0461 e. The lowest BCUT2D eigenvalue weighted by Crippen LogP contribution is -2.44. The minimum absolute atomic E-state index is 1.13. The van der Waals surface area contributed by atoms with Crippen molar-refractivity contribution >= 4 is 10.9 Å². The molecule has 3 heteroatoms. The van der Waals surface area contributed by atoms with Crippen molar-refractivity contribution in [3.05, 3.63) is 35.0 Å². The summed E-state index contributed by atoms with van der Waals surface area (Å²) in [7, 11) is 0. The van der Waals surface area contributed by atoms with Gasteiger partial charge in [0.15, 0.2) is 0 Å². The molecule has 3 rings (SSSR count). The Labute approximate surface area is 115 Å². The minimum Gasteiger partial charge on any atom is -0.358 e. The van der Waals surface area contributed by atoms with Crippen molar-refractivity contribution in [3.8, 4) is 0 Å². The van der Waals surface area contributed by atoms with Crippen LogP contribution in [0.2, 0.25) is 0 Å². The van der Waals surface area contributed by atoms with E-state index in [4.69, 9.17) is 0 Å². The second-order valence-electron chi connectivity index (χ2n) is 5.62. The summed E-state index contributed by atoms with van der Waals surface area (Å²) in [5.74, 6) is 0. The van der Waals surface area contributed by atoms with E-state index in [0.29, 0.717) is 0 Å². The van der Waals surface area contributed by atoms with Crippen LogP contribution in [0.5, 0.6) is 0 Å². The number of aromatic nitrogens is 1. The third-order valence-electron chi connectivity index (χ3n) is 4.16. The summed E-state index contributed by atoms with van der Waals surface area (Å²) in [6, 6.07) is 6.72. The molecule has 0 unspecified atom stereocenters. The number of H-pyrrole nitrogens is 1. The van der Waals surface area contributed by atoms with Gasteiger partial charge in [-0.15, -0.1) is 0 Å². The molecule has 3 nitrogen and oxygen atoms in total. The van der Waals surface area contributed by atoms with Crippen LogP contribution in [-0.2, 0) is 6.42 Å². The molecule has 1 saturated heterocycles. The summed E-state index contributed by atoms with van der Waals surface area (Å²) < 4.78 is 0. The molecular formula is C16H23N3. The van der Waals surface area contributed by atoms with E-state index in [1.54, 1.807) is 0 Å². The van der Waals surface area contributed by atoms with Crippen LogP contribution in [0.25, 0.3) is 10.9 Å². The second kappa shape index (κ2) is 5.35. The van der Waals surface area contributed by atoms with E-state index in [1.165, 1.54) is 47.4 Å². The molecule has 1 fully saturated rings. The minimum atomic E-state index is 1.13. The third-order valence-corrected chi connectivity index (χ3v) is 4.16. The smallest absolute Gasteiger partial charge is 0.0461 e. The number of benzene rings is 1. The maximum absolute atomic E-state index is 3.52. The van der Waals surface area contributed by atoms with Crippen LogP contribution in [0.4, 0.5) is 0 Å². The highest BCUT2D eigenvalue weighted by Gasteiger charge is 2.12. The van der Waals surface area contributed by atoms with E-state index in [2.05, 4.69) is 47.2 Å². The van der Waals surface area contributed by atoms with Crippen molar-refractivity contribution in [2.75, 3.05) is 32.7 Å². The van der Waals surface area contributed by atoms with Crippen LogP contribution in [0.3, 0.4) is 0 Å². The molecule has 2 N–H and O–H groups in total. The normalized spacial score (nSPS) is 17.2. The van der Waals surface area contributed by atoms with Crippen LogP contribution >= 0.6 is 0 Å². The van der Waals surface area contributed by atoms with Gasteiger partial charge in [0.1, 0.15) is 0 Å². The molecule has 2 heterocycles. The van der Waals surface area contributed by atoms with Crippen LogP contribution in [0, 0.1) is 13.8 Å². The molecule has 0 bridgehead atoms. The molecule has 19 heavy (non-hydrogen) atoms. The summed E-state index contributed by atoms with van der Waals surface area (Å²) in [5, 5.41) is 4.81.